The number of para-hydroxylation sites is 1. The third kappa shape index (κ3) is 2.98. The van der Waals surface area contributed by atoms with E-state index in [0.29, 0.717) is 9.46 Å². The number of Topliss-reactive ketones (excluding diaryl/α,β-unsaturated/α-hetero) is 1. The van der Waals surface area contributed by atoms with Crippen LogP contribution >= 0.6 is 0 Å². The molecule has 0 aliphatic carbocycles. The van der Waals surface area contributed by atoms with E-state index >= 15 is 0 Å². The maximum Gasteiger partial charge on any atom is 0.328 e. The highest BCUT2D eigenvalue weighted by molar-refractivity contribution is 5.92. The molecule has 0 bridgehead atoms. The number of nitrogens with zero attached hydrogens (tertiary/aromatic N) is 4. The summed E-state index contributed by atoms with van der Waals surface area (Å²) in [5.74, 6) is -0.416. The molecule has 1 aromatic heterocycles. The number of hydrogen-bond donors (Lipinski definition) is 0. The van der Waals surface area contributed by atoms with E-state index in [4.69, 9.17) is 0 Å². The molecule has 1 fully saturated rings. The van der Waals surface area contributed by atoms with Crippen LogP contribution < -0.4 is 19.3 Å². The molecule has 0 amide bonds. The zero-order valence-corrected chi connectivity index (χ0v) is 16.0. The molecule has 7 heteroatoms. The number of aromatic nitrogens is 2. The monoisotopic (exact) mass is 378 g/mol. The first-order chi connectivity index (χ1) is 13.5. The van der Waals surface area contributed by atoms with Crippen LogP contribution in [-0.4, -0.2) is 32.0 Å². The molecule has 0 radical (unpaired) electrons. The third-order valence-corrected chi connectivity index (χ3v) is 5.35. The van der Waals surface area contributed by atoms with Gasteiger partial charge in [-0.25, -0.2) is 0 Å². The molecule has 4 rings (SSSR count). The Kier molecular flexibility index (Phi) is 4.50. The van der Waals surface area contributed by atoms with E-state index in [2.05, 4.69) is 21.9 Å². The predicted molar refractivity (Wildman–Crippen MR) is 107 cm³/mol. The zero-order chi connectivity index (χ0) is 19.8. The van der Waals surface area contributed by atoms with Crippen LogP contribution in [0.4, 0.5) is 11.4 Å². The second-order valence-electron chi connectivity index (χ2n) is 7.06. The lowest BCUT2D eigenvalue weighted by Crippen LogP contribution is -2.47. The van der Waals surface area contributed by atoms with Gasteiger partial charge in [-0.3, -0.25) is 4.79 Å². The molecule has 2 heterocycles. The summed E-state index contributed by atoms with van der Waals surface area (Å²) in [5, 5.41) is 25.2. The first-order valence-corrected chi connectivity index (χ1v) is 9.32. The Morgan fingerprint density at radius 2 is 1.46 bits per heavy atom. The van der Waals surface area contributed by atoms with Crippen molar-refractivity contribution in [3.05, 3.63) is 70.3 Å². The van der Waals surface area contributed by atoms with Crippen molar-refractivity contribution in [2.75, 3.05) is 36.0 Å². The largest absolute Gasteiger partial charge is 0.618 e. The number of anilines is 2. The first-order valence-electron chi connectivity index (χ1n) is 9.32. The second kappa shape index (κ2) is 6.99. The molecule has 0 spiro atoms. The van der Waals surface area contributed by atoms with Gasteiger partial charge in [0.15, 0.2) is 0 Å². The highest BCUT2D eigenvalue weighted by atomic mass is 16.5. The summed E-state index contributed by atoms with van der Waals surface area (Å²) in [7, 11) is 0. The number of benzene rings is 2. The first kappa shape index (κ1) is 18.0. The summed E-state index contributed by atoms with van der Waals surface area (Å²) in [6, 6.07) is 15.5. The third-order valence-electron chi connectivity index (χ3n) is 5.35. The van der Waals surface area contributed by atoms with Crippen molar-refractivity contribution < 1.29 is 14.3 Å². The van der Waals surface area contributed by atoms with Crippen molar-refractivity contribution >= 4 is 28.2 Å². The fraction of sp³-hybridized carbons (Fsp3) is 0.286. The van der Waals surface area contributed by atoms with Gasteiger partial charge >= 0.3 is 5.69 Å². The van der Waals surface area contributed by atoms with E-state index in [1.54, 1.807) is 12.1 Å². The van der Waals surface area contributed by atoms with Gasteiger partial charge in [-0.15, -0.1) is 0 Å². The number of rotatable bonds is 3. The summed E-state index contributed by atoms with van der Waals surface area (Å²) >= 11 is 0. The normalized spacial score (nSPS) is 14.5. The van der Waals surface area contributed by atoms with Gasteiger partial charge in [0.05, 0.1) is 0 Å². The Labute approximate surface area is 163 Å². The molecular formula is C21H22N4O3. The predicted octanol–water partition coefficient (Wildman–Crippen LogP) is 1.94. The summed E-state index contributed by atoms with van der Waals surface area (Å²) in [5.41, 5.74) is 2.58. The maximum absolute atomic E-state index is 12.7. The van der Waals surface area contributed by atoms with Crippen molar-refractivity contribution in [3.8, 4) is 0 Å². The van der Waals surface area contributed by atoms with E-state index in [0.717, 1.165) is 31.9 Å². The number of hydrogen-bond acceptors (Lipinski definition) is 5. The molecule has 1 aliphatic rings. The van der Waals surface area contributed by atoms with Crippen LogP contribution in [0.2, 0.25) is 0 Å². The average molecular weight is 378 g/mol. The van der Waals surface area contributed by atoms with Crippen molar-refractivity contribution in [1.29, 1.82) is 0 Å². The molecule has 1 aliphatic heterocycles. The Morgan fingerprint density at radius 3 is 2.07 bits per heavy atom. The molecule has 3 aromatic rings. The van der Waals surface area contributed by atoms with Crippen LogP contribution in [0.3, 0.4) is 0 Å². The van der Waals surface area contributed by atoms with Gasteiger partial charge in [-0.2, -0.15) is 9.46 Å². The lowest BCUT2D eigenvalue weighted by atomic mass is 10.1. The molecule has 0 N–H and O–H groups in total. The maximum atomic E-state index is 12.7. The number of carbonyl (C=O) groups is 1. The van der Waals surface area contributed by atoms with Gasteiger partial charge in [-0.05, 0) is 18.2 Å². The Bertz CT molecular complexity index is 1040. The van der Waals surface area contributed by atoms with Crippen LogP contribution in [0.5, 0.6) is 0 Å². The minimum atomic E-state index is -0.416. The molecule has 0 atom stereocenters. The molecule has 144 valence electrons. The van der Waals surface area contributed by atoms with Crippen molar-refractivity contribution in [2.45, 2.75) is 13.8 Å². The van der Waals surface area contributed by atoms with E-state index in [9.17, 15) is 15.2 Å². The number of fused-ring (bicyclic) bond motifs is 1. The molecule has 28 heavy (non-hydrogen) atoms. The van der Waals surface area contributed by atoms with Gasteiger partial charge in [0.1, 0.15) is 0 Å². The zero-order valence-electron chi connectivity index (χ0n) is 16.0. The van der Waals surface area contributed by atoms with Crippen molar-refractivity contribution in [1.82, 2.24) is 0 Å². The average Bonchev–Trinajstić information content (AvgIpc) is 2.72. The molecular weight excluding hydrogens is 356 g/mol. The van der Waals surface area contributed by atoms with Crippen molar-refractivity contribution in [2.24, 2.45) is 0 Å². The highest BCUT2D eigenvalue weighted by Crippen LogP contribution is 2.23. The van der Waals surface area contributed by atoms with Crippen LogP contribution in [0.1, 0.15) is 23.1 Å². The van der Waals surface area contributed by atoms with E-state index in [1.807, 2.05) is 24.3 Å². The van der Waals surface area contributed by atoms with E-state index in [-0.39, 0.29) is 22.4 Å². The van der Waals surface area contributed by atoms with E-state index < -0.39 is 5.78 Å². The molecule has 0 saturated carbocycles. The number of ketones is 1. The summed E-state index contributed by atoms with van der Waals surface area (Å²) in [6.45, 7) is 6.15. The van der Waals surface area contributed by atoms with Crippen LogP contribution in [-0.2, 0) is 0 Å². The molecule has 1 saturated heterocycles. The standard InChI is InChI=1S/C21H22N4O3/c1-15-21(16(2)26)25(28)20-14-18(8-9-19(20)24(15)27)23-12-10-22(11-13-23)17-6-4-3-5-7-17/h3-9,14H,10-13H2,1-2H3. The van der Waals surface area contributed by atoms with Gasteiger partial charge in [-0.1, -0.05) is 18.2 Å². The summed E-state index contributed by atoms with van der Waals surface area (Å²) in [6.07, 6.45) is 0. The minimum Gasteiger partial charge on any atom is -0.618 e. The van der Waals surface area contributed by atoms with Gasteiger partial charge in [0, 0.05) is 63.5 Å². The second-order valence-corrected chi connectivity index (χ2v) is 7.06. The molecule has 2 aromatic carbocycles. The Hall–Kier alpha value is -3.35. The van der Waals surface area contributed by atoms with Gasteiger partial charge in [0.2, 0.25) is 5.78 Å². The fourth-order valence-electron chi connectivity index (χ4n) is 3.85. The number of carbonyl (C=O) groups excluding carboxylic acids is 1. The minimum absolute atomic E-state index is 0.103. The fourth-order valence-corrected chi connectivity index (χ4v) is 3.85. The van der Waals surface area contributed by atoms with Gasteiger partial charge in [0.25, 0.3) is 16.7 Å². The van der Waals surface area contributed by atoms with Crippen LogP contribution in [0, 0.1) is 17.3 Å². The lowest BCUT2D eigenvalue weighted by Gasteiger charge is -2.37. The van der Waals surface area contributed by atoms with E-state index in [1.165, 1.54) is 19.5 Å². The quantitative estimate of drug-likeness (QED) is 0.395. The van der Waals surface area contributed by atoms with Crippen LogP contribution in [0.15, 0.2) is 48.5 Å². The molecule has 0 unspecified atom stereocenters. The molecule has 7 nitrogen and oxygen atoms in total. The summed E-state index contributed by atoms with van der Waals surface area (Å²) < 4.78 is 1.25. The Balaban J connectivity index is 1.65. The lowest BCUT2D eigenvalue weighted by molar-refractivity contribution is -0.635. The Morgan fingerprint density at radius 1 is 0.857 bits per heavy atom. The van der Waals surface area contributed by atoms with Crippen molar-refractivity contribution in [3.63, 3.8) is 0 Å². The topological polar surface area (TPSA) is 77.4 Å². The SMILES string of the molecule is CC(=O)c1c(C)[n+]([O-])c2ccc(N3CCN(c4ccccc4)CC3)cc2[n+]1[O-]. The number of piperazine rings is 1. The summed E-state index contributed by atoms with van der Waals surface area (Å²) in [4.78, 5) is 16.4. The highest BCUT2D eigenvalue weighted by Gasteiger charge is 2.29. The smallest absolute Gasteiger partial charge is 0.328 e. The van der Waals surface area contributed by atoms with Crippen LogP contribution in [0.25, 0.3) is 11.0 Å². The van der Waals surface area contributed by atoms with Gasteiger partial charge < -0.3 is 20.2 Å².